The molecule has 2 heterocycles. The second-order valence-corrected chi connectivity index (χ2v) is 8.84. The van der Waals surface area contributed by atoms with Crippen LogP contribution in [-0.4, -0.2) is 60.7 Å². The lowest BCUT2D eigenvalue weighted by atomic mass is 9.88. The predicted molar refractivity (Wildman–Crippen MR) is 111 cm³/mol. The second kappa shape index (κ2) is 8.67. The van der Waals surface area contributed by atoms with Gasteiger partial charge in [0.05, 0.1) is 12.2 Å². The van der Waals surface area contributed by atoms with Gasteiger partial charge in [-0.1, -0.05) is 6.92 Å². The minimum absolute atomic E-state index is 0.222. The zero-order valence-electron chi connectivity index (χ0n) is 16.0. The van der Waals surface area contributed by atoms with Crippen LogP contribution >= 0.6 is 23.6 Å². The molecule has 3 rings (SSSR count). The van der Waals surface area contributed by atoms with Gasteiger partial charge >= 0.3 is 5.97 Å². The van der Waals surface area contributed by atoms with Gasteiger partial charge in [-0.25, -0.2) is 4.79 Å². The third-order valence-electron chi connectivity index (χ3n) is 5.22. The number of carbonyl (C=O) groups excluding carboxylic acids is 1. The summed E-state index contributed by atoms with van der Waals surface area (Å²) in [5, 5.41) is 4.98. The zero-order valence-corrected chi connectivity index (χ0v) is 17.6. The fraction of sp³-hybridized carbons (Fsp3) is 0.684. The zero-order chi connectivity index (χ0) is 18.7. The van der Waals surface area contributed by atoms with Crippen LogP contribution in [-0.2, 0) is 17.6 Å². The number of nitrogens with one attached hydrogen (secondary N) is 1. The Morgan fingerprint density at radius 2 is 2.15 bits per heavy atom. The standard InChI is InChI=1S/C19H29N3O2S2/c1-4-24-18(23)16-14-7-6-13(2)12-15(14)26-17(16)20-19(25)22-9-5-8-21(3)10-11-22/h13H,4-12H2,1-3H3,(H,20,25). The summed E-state index contributed by atoms with van der Waals surface area (Å²) in [4.78, 5) is 18.5. The third-order valence-corrected chi connectivity index (χ3v) is 6.75. The van der Waals surface area contributed by atoms with Crippen LogP contribution in [0.25, 0.3) is 0 Å². The maximum absolute atomic E-state index is 12.6. The normalized spacial score (nSPS) is 21.0. The SMILES string of the molecule is CCOC(=O)c1c(NC(=S)N2CCCN(C)CC2)sc2c1CCC(C)C2. The lowest BCUT2D eigenvalue weighted by Crippen LogP contribution is -2.37. The van der Waals surface area contributed by atoms with Crippen LogP contribution in [0.3, 0.4) is 0 Å². The highest BCUT2D eigenvalue weighted by Gasteiger charge is 2.29. The van der Waals surface area contributed by atoms with E-state index in [1.54, 1.807) is 11.3 Å². The van der Waals surface area contributed by atoms with E-state index in [1.807, 2.05) is 6.92 Å². The largest absolute Gasteiger partial charge is 0.462 e. The van der Waals surface area contributed by atoms with Crippen LogP contribution in [0.1, 0.15) is 47.5 Å². The molecule has 1 aromatic rings. The molecular formula is C19H29N3O2S2. The molecule has 2 aliphatic rings. The molecule has 7 heteroatoms. The van der Waals surface area contributed by atoms with Crippen molar-refractivity contribution in [1.29, 1.82) is 0 Å². The Balaban J connectivity index is 1.82. The maximum Gasteiger partial charge on any atom is 0.341 e. The molecule has 1 N–H and O–H groups in total. The summed E-state index contributed by atoms with van der Waals surface area (Å²) >= 11 is 7.36. The van der Waals surface area contributed by atoms with Crippen molar-refractivity contribution in [3.05, 3.63) is 16.0 Å². The van der Waals surface area contributed by atoms with E-state index in [2.05, 4.69) is 29.1 Å². The van der Waals surface area contributed by atoms with E-state index in [9.17, 15) is 4.79 Å². The van der Waals surface area contributed by atoms with Crippen molar-refractivity contribution < 1.29 is 9.53 Å². The fourth-order valence-corrected chi connectivity index (χ4v) is 5.43. The number of thiocarbonyl (C=S) groups is 1. The number of hydrogen-bond acceptors (Lipinski definition) is 5. The average molecular weight is 396 g/mol. The third kappa shape index (κ3) is 4.38. The van der Waals surface area contributed by atoms with Gasteiger partial charge in [-0.2, -0.15) is 0 Å². The molecule has 0 radical (unpaired) electrons. The smallest absolute Gasteiger partial charge is 0.341 e. The molecule has 1 fully saturated rings. The number of ether oxygens (including phenoxy) is 1. The number of thiophene rings is 1. The van der Waals surface area contributed by atoms with Crippen molar-refractivity contribution in [2.24, 2.45) is 5.92 Å². The molecule has 26 heavy (non-hydrogen) atoms. The van der Waals surface area contributed by atoms with Gasteiger partial charge in [0.2, 0.25) is 0 Å². The van der Waals surface area contributed by atoms with Crippen LogP contribution in [0.15, 0.2) is 0 Å². The molecule has 1 aliphatic heterocycles. The van der Waals surface area contributed by atoms with Gasteiger partial charge < -0.3 is 19.9 Å². The van der Waals surface area contributed by atoms with E-state index < -0.39 is 0 Å². The summed E-state index contributed by atoms with van der Waals surface area (Å²) in [5.41, 5.74) is 1.89. The number of carbonyl (C=O) groups is 1. The van der Waals surface area contributed by atoms with Gasteiger partial charge in [-0.05, 0) is 69.9 Å². The summed E-state index contributed by atoms with van der Waals surface area (Å²) < 4.78 is 5.35. The van der Waals surface area contributed by atoms with Gasteiger partial charge in [-0.3, -0.25) is 0 Å². The van der Waals surface area contributed by atoms with E-state index in [1.165, 1.54) is 10.4 Å². The van der Waals surface area contributed by atoms with E-state index >= 15 is 0 Å². The fourth-order valence-electron chi connectivity index (χ4n) is 3.68. The number of likely N-dealkylation sites (N-methyl/N-ethyl adjacent to an activating group) is 1. The van der Waals surface area contributed by atoms with Gasteiger partial charge in [0, 0.05) is 24.5 Å². The second-order valence-electron chi connectivity index (χ2n) is 7.35. The minimum Gasteiger partial charge on any atom is -0.462 e. The molecule has 1 aromatic heterocycles. The van der Waals surface area contributed by atoms with E-state index in [-0.39, 0.29) is 5.97 Å². The monoisotopic (exact) mass is 395 g/mol. The Hall–Kier alpha value is -1.18. The molecule has 0 bridgehead atoms. The van der Waals surface area contributed by atoms with Crippen LogP contribution in [0.2, 0.25) is 0 Å². The van der Waals surface area contributed by atoms with Crippen molar-refractivity contribution in [1.82, 2.24) is 9.80 Å². The summed E-state index contributed by atoms with van der Waals surface area (Å²) in [6.45, 7) is 8.49. The van der Waals surface area contributed by atoms with E-state index in [0.29, 0.717) is 18.1 Å². The van der Waals surface area contributed by atoms with Crippen LogP contribution < -0.4 is 5.32 Å². The lowest BCUT2D eigenvalue weighted by Gasteiger charge is -2.24. The van der Waals surface area contributed by atoms with Crippen molar-refractivity contribution in [3.8, 4) is 0 Å². The Morgan fingerprint density at radius 1 is 1.35 bits per heavy atom. The van der Waals surface area contributed by atoms with E-state index in [0.717, 1.165) is 62.0 Å². The lowest BCUT2D eigenvalue weighted by molar-refractivity contribution is 0.0526. The van der Waals surface area contributed by atoms with Gasteiger partial charge in [0.1, 0.15) is 5.00 Å². The molecule has 0 aromatic carbocycles. The molecule has 1 unspecified atom stereocenters. The topological polar surface area (TPSA) is 44.8 Å². The highest BCUT2D eigenvalue weighted by molar-refractivity contribution is 7.80. The highest BCUT2D eigenvalue weighted by Crippen LogP contribution is 2.40. The van der Waals surface area contributed by atoms with Gasteiger partial charge in [0.15, 0.2) is 5.11 Å². The first-order chi connectivity index (χ1) is 12.5. The molecule has 0 spiro atoms. The molecule has 0 amide bonds. The molecule has 1 saturated heterocycles. The van der Waals surface area contributed by atoms with E-state index in [4.69, 9.17) is 17.0 Å². The van der Waals surface area contributed by atoms with Crippen LogP contribution in [0, 0.1) is 5.92 Å². The first-order valence-corrected chi connectivity index (χ1v) is 10.8. The van der Waals surface area contributed by atoms with Gasteiger partial charge in [-0.15, -0.1) is 11.3 Å². The molecule has 144 valence electrons. The Labute approximate surface area is 165 Å². The Bertz CT molecular complexity index is 674. The van der Waals surface area contributed by atoms with Crippen molar-refractivity contribution >= 4 is 39.6 Å². The quantitative estimate of drug-likeness (QED) is 0.625. The number of anilines is 1. The van der Waals surface area contributed by atoms with Crippen LogP contribution in [0.4, 0.5) is 5.00 Å². The Kier molecular flexibility index (Phi) is 6.53. The maximum atomic E-state index is 12.6. The van der Waals surface area contributed by atoms with Crippen molar-refractivity contribution in [3.63, 3.8) is 0 Å². The molecule has 1 atom stereocenters. The molecule has 5 nitrogen and oxygen atoms in total. The first-order valence-electron chi connectivity index (χ1n) is 9.55. The molecule has 0 saturated carbocycles. The summed E-state index contributed by atoms with van der Waals surface area (Å²) in [5.74, 6) is 0.442. The number of rotatable bonds is 3. The van der Waals surface area contributed by atoms with Gasteiger partial charge in [0.25, 0.3) is 0 Å². The first kappa shape index (κ1) is 19.6. The van der Waals surface area contributed by atoms with Crippen molar-refractivity contribution in [2.75, 3.05) is 45.2 Å². The number of hydrogen-bond donors (Lipinski definition) is 1. The molecule has 1 aliphatic carbocycles. The number of nitrogens with zero attached hydrogens (tertiary/aromatic N) is 2. The summed E-state index contributed by atoms with van der Waals surface area (Å²) in [6, 6.07) is 0. The summed E-state index contributed by atoms with van der Waals surface area (Å²) in [6.07, 6.45) is 4.21. The highest BCUT2D eigenvalue weighted by atomic mass is 32.1. The van der Waals surface area contributed by atoms with Crippen molar-refractivity contribution in [2.45, 2.75) is 39.5 Å². The summed E-state index contributed by atoms with van der Waals surface area (Å²) in [7, 11) is 2.15. The Morgan fingerprint density at radius 3 is 2.92 bits per heavy atom. The minimum atomic E-state index is -0.222. The number of fused-ring (bicyclic) bond motifs is 1. The predicted octanol–water partition coefficient (Wildman–Crippen LogP) is 3.38. The number of esters is 1. The van der Waals surface area contributed by atoms with Crippen LogP contribution in [0.5, 0.6) is 0 Å². The molecular weight excluding hydrogens is 366 g/mol. The average Bonchev–Trinajstić information content (AvgIpc) is 2.78.